The molecule has 4 nitrogen and oxygen atoms in total. The highest BCUT2D eigenvalue weighted by atomic mass is 32.2. The minimum absolute atomic E-state index is 0.0125. The van der Waals surface area contributed by atoms with Gasteiger partial charge in [0.05, 0.1) is 31.3 Å². The Morgan fingerprint density at radius 2 is 2.10 bits per heavy atom. The van der Waals surface area contributed by atoms with E-state index in [1.165, 1.54) is 0 Å². The highest BCUT2D eigenvalue weighted by molar-refractivity contribution is 8.00. The van der Waals surface area contributed by atoms with Gasteiger partial charge in [-0.15, -0.1) is 0 Å². The molecule has 0 saturated heterocycles. The van der Waals surface area contributed by atoms with Crippen LogP contribution in [0.4, 0.5) is 13.2 Å². The summed E-state index contributed by atoms with van der Waals surface area (Å²) in [6, 6.07) is 4.05. The lowest BCUT2D eigenvalue weighted by molar-refractivity contribution is -0.142. The lowest BCUT2D eigenvalue weighted by Crippen LogP contribution is -2.10. The number of alkyl halides is 3. The van der Waals surface area contributed by atoms with Crippen LogP contribution in [0, 0.1) is 11.3 Å². The molecule has 0 bridgehead atoms. The molecule has 0 atom stereocenters. The van der Waals surface area contributed by atoms with Gasteiger partial charge in [0.25, 0.3) is 0 Å². The number of benzene rings is 1. The number of aliphatic hydroxyl groups is 1. The second kappa shape index (κ2) is 7.33. The van der Waals surface area contributed by atoms with Gasteiger partial charge >= 0.3 is 11.5 Å². The molecule has 0 unspecified atom stereocenters. The minimum Gasteiger partial charge on any atom is -0.466 e. The van der Waals surface area contributed by atoms with Crippen molar-refractivity contribution in [3.05, 3.63) is 28.8 Å². The summed E-state index contributed by atoms with van der Waals surface area (Å²) < 4.78 is 42.2. The number of hydrogen-bond donors (Lipinski definition) is 1. The number of hydrogen-bond acceptors (Lipinski definition) is 5. The average Bonchev–Trinajstić information content (AvgIpc) is 2.37. The number of nitrogens with zero attached hydrogens (tertiary/aromatic N) is 1. The molecule has 0 heterocycles. The van der Waals surface area contributed by atoms with E-state index in [-0.39, 0.29) is 34.6 Å². The van der Waals surface area contributed by atoms with E-state index in [4.69, 9.17) is 15.1 Å². The van der Waals surface area contributed by atoms with Crippen LogP contribution in [0.15, 0.2) is 17.0 Å². The fourth-order valence-electron chi connectivity index (χ4n) is 1.63. The summed E-state index contributed by atoms with van der Waals surface area (Å²) in [6.07, 6.45) is -0.298. The van der Waals surface area contributed by atoms with E-state index in [1.807, 2.05) is 0 Å². The molecule has 0 aromatic heterocycles. The predicted molar refractivity (Wildman–Crippen MR) is 69.3 cm³/mol. The summed E-state index contributed by atoms with van der Waals surface area (Å²) >= 11 is -0.396. The van der Waals surface area contributed by atoms with Crippen molar-refractivity contribution in [1.29, 1.82) is 5.26 Å². The maximum atomic E-state index is 12.5. The smallest absolute Gasteiger partial charge is 0.446 e. The van der Waals surface area contributed by atoms with Crippen LogP contribution < -0.4 is 0 Å². The lowest BCUT2D eigenvalue weighted by atomic mass is 10.0. The summed E-state index contributed by atoms with van der Waals surface area (Å²) in [4.78, 5) is 11.2. The van der Waals surface area contributed by atoms with Gasteiger partial charge in [0.2, 0.25) is 0 Å². The molecule has 1 N–H and O–H groups in total. The summed E-state index contributed by atoms with van der Waals surface area (Å²) in [6.45, 7) is 1.11. The van der Waals surface area contributed by atoms with Gasteiger partial charge in [0, 0.05) is 4.90 Å². The Labute approximate surface area is 123 Å². The second-order valence-corrected chi connectivity index (χ2v) is 5.02. The lowest BCUT2D eigenvalue weighted by Gasteiger charge is -2.13. The number of nitriles is 1. The molecule has 8 heteroatoms. The number of thioether (sulfide) groups is 1. The third-order valence-electron chi connectivity index (χ3n) is 2.44. The first-order chi connectivity index (χ1) is 9.80. The first kappa shape index (κ1) is 17.3. The fraction of sp³-hybridized carbons (Fsp3) is 0.385. The quantitative estimate of drug-likeness (QED) is 0.667. The number of carbonyl (C=O) groups excluding carboxylic acids is 1. The average molecular weight is 319 g/mol. The van der Waals surface area contributed by atoms with Gasteiger partial charge in [-0.05, 0) is 41.9 Å². The van der Waals surface area contributed by atoms with Gasteiger partial charge in [-0.25, -0.2) is 0 Å². The molecule has 1 aromatic carbocycles. The Hall–Kier alpha value is -1.72. The maximum Gasteiger partial charge on any atom is 0.446 e. The van der Waals surface area contributed by atoms with E-state index in [1.54, 1.807) is 13.0 Å². The zero-order valence-electron chi connectivity index (χ0n) is 11.0. The van der Waals surface area contributed by atoms with Crippen molar-refractivity contribution >= 4 is 17.7 Å². The molecule has 0 amide bonds. The minimum atomic E-state index is -4.53. The zero-order chi connectivity index (χ0) is 16.0. The van der Waals surface area contributed by atoms with Crippen molar-refractivity contribution in [2.45, 2.75) is 30.4 Å². The third-order valence-corrected chi connectivity index (χ3v) is 3.27. The van der Waals surface area contributed by atoms with Crippen molar-refractivity contribution in [3.63, 3.8) is 0 Å². The van der Waals surface area contributed by atoms with Crippen molar-refractivity contribution < 1.29 is 27.8 Å². The Morgan fingerprint density at radius 1 is 1.43 bits per heavy atom. The van der Waals surface area contributed by atoms with E-state index in [0.717, 1.165) is 12.1 Å². The van der Waals surface area contributed by atoms with Crippen LogP contribution >= 0.6 is 11.8 Å². The van der Waals surface area contributed by atoms with Crippen LogP contribution in [0.2, 0.25) is 0 Å². The van der Waals surface area contributed by atoms with Crippen LogP contribution in [-0.2, 0) is 22.6 Å². The van der Waals surface area contributed by atoms with Crippen molar-refractivity contribution in [2.75, 3.05) is 6.61 Å². The maximum absolute atomic E-state index is 12.5. The summed E-state index contributed by atoms with van der Waals surface area (Å²) in [5.41, 5.74) is -4.36. The van der Waals surface area contributed by atoms with Crippen LogP contribution in [-0.4, -0.2) is 23.2 Å². The van der Waals surface area contributed by atoms with E-state index in [0.29, 0.717) is 0 Å². The first-order valence-corrected chi connectivity index (χ1v) is 6.70. The predicted octanol–water partition coefficient (Wildman–Crippen LogP) is 2.77. The molecule has 114 valence electrons. The van der Waals surface area contributed by atoms with E-state index >= 15 is 0 Å². The molecule has 21 heavy (non-hydrogen) atoms. The van der Waals surface area contributed by atoms with Gasteiger partial charge in [-0.1, -0.05) is 0 Å². The number of halogens is 3. The van der Waals surface area contributed by atoms with E-state index in [9.17, 15) is 18.0 Å². The molecule has 1 rings (SSSR count). The number of aliphatic hydroxyl groups excluding tert-OH is 1. The number of esters is 1. The normalized spacial score (nSPS) is 11.0. The van der Waals surface area contributed by atoms with Crippen LogP contribution in [0.3, 0.4) is 0 Å². The van der Waals surface area contributed by atoms with Gasteiger partial charge in [-0.3, -0.25) is 4.79 Å². The molecular weight excluding hydrogens is 307 g/mol. The second-order valence-electron chi connectivity index (χ2n) is 3.92. The zero-order valence-corrected chi connectivity index (χ0v) is 11.8. The standard InChI is InChI=1S/C13H12F3NO3S/c1-2-20-12(19)5-8-4-11(21-13(14,15)16)10(7-18)3-9(8)6-17/h3-4,18H,2,5,7H2,1H3. The fourth-order valence-corrected chi connectivity index (χ4v) is 2.33. The van der Waals surface area contributed by atoms with Crippen LogP contribution in [0.25, 0.3) is 0 Å². The topological polar surface area (TPSA) is 70.3 Å². The molecule has 0 aliphatic rings. The Kier molecular flexibility index (Phi) is 6.05. The number of carbonyl (C=O) groups is 1. The number of ether oxygens (including phenoxy) is 1. The SMILES string of the molecule is CCOC(=O)Cc1cc(SC(F)(F)F)c(CO)cc1C#N. The molecule has 0 spiro atoms. The molecule has 0 aliphatic carbocycles. The van der Waals surface area contributed by atoms with Gasteiger partial charge in [0.1, 0.15) is 0 Å². The van der Waals surface area contributed by atoms with Crippen LogP contribution in [0.5, 0.6) is 0 Å². The summed E-state index contributed by atoms with van der Waals surface area (Å²) in [5, 5.41) is 18.1. The highest BCUT2D eigenvalue weighted by Gasteiger charge is 2.31. The summed E-state index contributed by atoms with van der Waals surface area (Å²) in [5.74, 6) is -0.631. The number of rotatable bonds is 5. The molecule has 1 aromatic rings. The Bertz CT molecular complexity index is 567. The Balaban J connectivity index is 3.20. The van der Waals surface area contributed by atoms with Crippen molar-refractivity contribution in [2.24, 2.45) is 0 Å². The third kappa shape index (κ3) is 5.28. The van der Waals surface area contributed by atoms with Gasteiger partial charge in [0.15, 0.2) is 0 Å². The monoisotopic (exact) mass is 319 g/mol. The first-order valence-electron chi connectivity index (χ1n) is 5.88. The molecule has 0 aliphatic heterocycles. The van der Waals surface area contributed by atoms with Crippen molar-refractivity contribution in [3.8, 4) is 6.07 Å². The molecule has 0 saturated carbocycles. The largest absolute Gasteiger partial charge is 0.466 e. The van der Waals surface area contributed by atoms with Crippen molar-refractivity contribution in [1.82, 2.24) is 0 Å². The van der Waals surface area contributed by atoms with Gasteiger partial charge < -0.3 is 9.84 Å². The molecule has 0 fully saturated rings. The highest BCUT2D eigenvalue weighted by Crippen LogP contribution is 2.39. The summed E-state index contributed by atoms with van der Waals surface area (Å²) in [7, 11) is 0. The van der Waals surface area contributed by atoms with E-state index in [2.05, 4.69) is 0 Å². The van der Waals surface area contributed by atoms with Gasteiger partial charge in [-0.2, -0.15) is 18.4 Å². The molecule has 0 radical (unpaired) electrons. The molecular formula is C13H12F3NO3S. The van der Waals surface area contributed by atoms with E-state index < -0.39 is 29.8 Å². The van der Waals surface area contributed by atoms with Crippen LogP contribution in [0.1, 0.15) is 23.6 Å². The Morgan fingerprint density at radius 3 is 2.57 bits per heavy atom.